The third kappa shape index (κ3) is 3.40. The van der Waals surface area contributed by atoms with Crippen LogP contribution in [0.3, 0.4) is 0 Å². The molecule has 1 unspecified atom stereocenters. The second kappa shape index (κ2) is 5.79. The lowest BCUT2D eigenvalue weighted by atomic mass is 10.2. The molecule has 2 atom stereocenters. The molecule has 1 rings (SSSR count). The molecule has 0 aliphatic carbocycles. The van der Waals surface area contributed by atoms with Gasteiger partial charge in [0.05, 0.1) is 18.3 Å². The van der Waals surface area contributed by atoms with Crippen LogP contribution >= 0.6 is 0 Å². The van der Waals surface area contributed by atoms with Crippen LogP contribution in [0.5, 0.6) is 0 Å². The summed E-state index contributed by atoms with van der Waals surface area (Å²) in [4.78, 5) is 10.7. The Kier molecular flexibility index (Phi) is 4.91. The van der Waals surface area contributed by atoms with Crippen molar-refractivity contribution >= 4 is 16.0 Å². The van der Waals surface area contributed by atoms with Gasteiger partial charge >= 0.3 is 5.97 Å². The largest absolute Gasteiger partial charge is 0.481 e. The van der Waals surface area contributed by atoms with E-state index in [1.54, 1.807) is 6.92 Å². The van der Waals surface area contributed by atoms with Gasteiger partial charge in [0, 0.05) is 19.7 Å². The molecule has 0 amide bonds. The van der Waals surface area contributed by atoms with Crippen molar-refractivity contribution in [3.05, 3.63) is 0 Å². The highest BCUT2D eigenvalue weighted by Gasteiger charge is 2.38. The highest BCUT2D eigenvalue weighted by Crippen LogP contribution is 2.25. The number of rotatable bonds is 6. The number of carboxylic acids is 1. The molecule has 1 aliphatic rings. The lowest BCUT2D eigenvalue weighted by molar-refractivity contribution is -0.137. The number of carboxylic acid groups (broad SMARTS) is 1. The lowest BCUT2D eigenvalue weighted by Crippen LogP contribution is -2.43. The van der Waals surface area contributed by atoms with Gasteiger partial charge in [0.25, 0.3) is 0 Å². The minimum absolute atomic E-state index is 0.124. The minimum Gasteiger partial charge on any atom is -0.481 e. The first-order valence-electron chi connectivity index (χ1n) is 5.61. The number of sulfonamides is 1. The molecule has 1 N–H and O–H groups in total. The van der Waals surface area contributed by atoms with Gasteiger partial charge in [0.15, 0.2) is 0 Å². The number of nitrogens with zero attached hydrogens (tertiary/aromatic N) is 1. The molecular weight excluding hydrogens is 246 g/mol. The first kappa shape index (κ1) is 14.4. The molecule has 1 heterocycles. The van der Waals surface area contributed by atoms with Gasteiger partial charge in [-0.3, -0.25) is 4.79 Å². The molecule has 1 saturated heterocycles. The van der Waals surface area contributed by atoms with Crippen molar-refractivity contribution < 1.29 is 23.1 Å². The Morgan fingerprint density at radius 2 is 2.24 bits per heavy atom. The van der Waals surface area contributed by atoms with Crippen LogP contribution in [0.15, 0.2) is 0 Å². The van der Waals surface area contributed by atoms with E-state index in [-0.39, 0.29) is 13.0 Å². The topological polar surface area (TPSA) is 83.9 Å². The fraction of sp³-hybridized carbons (Fsp3) is 0.900. The SMILES string of the molecule is COCC(C)S(=O)(=O)N1CCC[C@@H]1CC(=O)O. The van der Waals surface area contributed by atoms with Crippen molar-refractivity contribution in [1.82, 2.24) is 4.31 Å². The molecule has 0 aromatic carbocycles. The maximum Gasteiger partial charge on any atom is 0.304 e. The zero-order valence-corrected chi connectivity index (χ0v) is 10.9. The number of methoxy groups -OCH3 is 1. The van der Waals surface area contributed by atoms with Gasteiger partial charge in [0.2, 0.25) is 10.0 Å². The average molecular weight is 265 g/mol. The summed E-state index contributed by atoms with van der Waals surface area (Å²) in [7, 11) is -2.00. The van der Waals surface area contributed by atoms with Crippen LogP contribution in [-0.2, 0) is 19.6 Å². The van der Waals surface area contributed by atoms with Crippen molar-refractivity contribution in [2.75, 3.05) is 20.3 Å². The Labute approximate surface area is 102 Å². The number of ether oxygens (including phenoxy) is 1. The first-order chi connectivity index (χ1) is 7.89. The van der Waals surface area contributed by atoms with Crippen LogP contribution < -0.4 is 0 Å². The zero-order chi connectivity index (χ0) is 13.1. The van der Waals surface area contributed by atoms with Crippen LogP contribution in [-0.4, -0.2) is 55.4 Å². The van der Waals surface area contributed by atoms with Crippen LogP contribution in [0.25, 0.3) is 0 Å². The van der Waals surface area contributed by atoms with Crippen molar-refractivity contribution in [2.45, 2.75) is 37.5 Å². The summed E-state index contributed by atoms with van der Waals surface area (Å²) < 4.78 is 30.5. The summed E-state index contributed by atoms with van der Waals surface area (Å²) in [6.07, 6.45) is 1.21. The Hall–Kier alpha value is -0.660. The van der Waals surface area contributed by atoms with Crippen molar-refractivity contribution in [3.63, 3.8) is 0 Å². The van der Waals surface area contributed by atoms with Crippen molar-refractivity contribution in [1.29, 1.82) is 0 Å². The molecule has 1 aliphatic heterocycles. The van der Waals surface area contributed by atoms with E-state index < -0.39 is 27.3 Å². The maximum absolute atomic E-state index is 12.2. The van der Waals surface area contributed by atoms with Gasteiger partial charge in [-0.2, -0.15) is 4.31 Å². The highest BCUT2D eigenvalue weighted by molar-refractivity contribution is 7.89. The van der Waals surface area contributed by atoms with E-state index in [4.69, 9.17) is 9.84 Å². The Bertz CT molecular complexity index is 367. The molecular formula is C10H19NO5S. The average Bonchev–Trinajstić information content (AvgIpc) is 2.65. The highest BCUT2D eigenvalue weighted by atomic mass is 32.2. The quantitative estimate of drug-likeness (QED) is 0.746. The second-order valence-corrected chi connectivity index (χ2v) is 6.62. The Morgan fingerprint density at radius 3 is 2.76 bits per heavy atom. The summed E-state index contributed by atoms with van der Waals surface area (Å²) in [5.41, 5.74) is 0. The van der Waals surface area contributed by atoms with Gasteiger partial charge in [-0.1, -0.05) is 0 Å². The van der Waals surface area contributed by atoms with E-state index in [0.717, 1.165) is 6.42 Å². The fourth-order valence-corrected chi connectivity index (χ4v) is 3.85. The summed E-state index contributed by atoms with van der Waals surface area (Å²) in [5, 5.41) is 8.12. The van der Waals surface area contributed by atoms with Crippen LogP contribution in [0.1, 0.15) is 26.2 Å². The van der Waals surface area contributed by atoms with Gasteiger partial charge < -0.3 is 9.84 Å². The lowest BCUT2D eigenvalue weighted by Gasteiger charge is -2.26. The van der Waals surface area contributed by atoms with Gasteiger partial charge in [-0.15, -0.1) is 0 Å². The third-order valence-electron chi connectivity index (χ3n) is 2.97. The van der Waals surface area contributed by atoms with Crippen LogP contribution in [0.2, 0.25) is 0 Å². The van der Waals surface area contributed by atoms with E-state index in [2.05, 4.69) is 0 Å². The van der Waals surface area contributed by atoms with Crippen LogP contribution in [0.4, 0.5) is 0 Å². The van der Waals surface area contributed by atoms with E-state index in [1.807, 2.05) is 0 Å². The number of aliphatic carboxylic acids is 1. The van der Waals surface area contributed by atoms with E-state index in [1.165, 1.54) is 11.4 Å². The molecule has 0 radical (unpaired) electrons. The van der Waals surface area contributed by atoms with Crippen molar-refractivity contribution in [2.24, 2.45) is 0 Å². The Morgan fingerprint density at radius 1 is 1.59 bits per heavy atom. The molecule has 17 heavy (non-hydrogen) atoms. The first-order valence-corrected chi connectivity index (χ1v) is 7.11. The predicted molar refractivity (Wildman–Crippen MR) is 62.2 cm³/mol. The minimum atomic E-state index is -3.45. The molecule has 0 spiro atoms. The molecule has 0 saturated carbocycles. The number of carbonyl (C=O) groups is 1. The van der Waals surface area contributed by atoms with Crippen LogP contribution in [0, 0.1) is 0 Å². The summed E-state index contributed by atoms with van der Waals surface area (Å²) >= 11 is 0. The normalized spacial score (nSPS) is 23.8. The van der Waals surface area contributed by atoms with E-state index in [0.29, 0.717) is 13.0 Å². The molecule has 0 aromatic rings. The smallest absolute Gasteiger partial charge is 0.304 e. The summed E-state index contributed by atoms with van der Waals surface area (Å²) in [6, 6.07) is -0.406. The predicted octanol–water partition coefficient (Wildman–Crippen LogP) is 0.290. The fourth-order valence-electron chi connectivity index (χ4n) is 2.10. The number of hydrogen-bond acceptors (Lipinski definition) is 4. The molecule has 1 fully saturated rings. The molecule has 7 heteroatoms. The van der Waals surface area contributed by atoms with Gasteiger partial charge in [-0.05, 0) is 19.8 Å². The molecule has 0 bridgehead atoms. The summed E-state index contributed by atoms with van der Waals surface area (Å²) in [6.45, 7) is 2.11. The third-order valence-corrected chi connectivity index (χ3v) is 5.26. The molecule has 6 nitrogen and oxygen atoms in total. The van der Waals surface area contributed by atoms with E-state index >= 15 is 0 Å². The maximum atomic E-state index is 12.2. The van der Waals surface area contributed by atoms with Gasteiger partial charge in [-0.25, -0.2) is 8.42 Å². The Balaban J connectivity index is 2.79. The standard InChI is InChI=1S/C10H19NO5S/c1-8(7-16-2)17(14,15)11-5-3-4-9(11)6-10(12)13/h8-9H,3-7H2,1-2H3,(H,12,13)/t8?,9-/m1/s1. The summed E-state index contributed by atoms with van der Waals surface area (Å²) in [5.74, 6) is -0.962. The number of hydrogen-bond donors (Lipinski definition) is 1. The van der Waals surface area contributed by atoms with Crippen molar-refractivity contribution in [3.8, 4) is 0 Å². The second-order valence-electron chi connectivity index (χ2n) is 4.32. The van der Waals surface area contributed by atoms with Gasteiger partial charge in [0.1, 0.15) is 0 Å². The molecule has 0 aromatic heterocycles. The zero-order valence-electron chi connectivity index (χ0n) is 10.1. The van der Waals surface area contributed by atoms with E-state index in [9.17, 15) is 13.2 Å². The molecule has 100 valence electrons. The monoisotopic (exact) mass is 265 g/mol.